The Hall–Kier alpha value is -2.20. The molecule has 2 N–H and O–H groups in total. The minimum absolute atomic E-state index is 0. The second kappa shape index (κ2) is 13.4. The summed E-state index contributed by atoms with van der Waals surface area (Å²) in [5.74, 6) is 3.08. The van der Waals surface area contributed by atoms with E-state index in [1.54, 1.807) is 14.2 Å². The largest absolute Gasteiger partial charge is 0.493 e. The van der Waals surface area contributed by atoms with Crippen LogP contribution in [0.15, 0.2) is 41.4 Å². The van der Waals surface area contributed by atoms with Crippen molar-refractivity contribution in [2.45, 2.75) is 39.5 Å². The molecule has 0 aromatic heterocycles. The number of halogens is 1. The molecule has 2 aromatic carbocycles. The molecule has 0 radical (unpaired) electrons. The highest BCUT2D eigenvalue weighted by atomic mass is 127. The molecule has 176 valence electrons. The zero-order chi connectivity index (χ0) is 22.1. The number of methoxy groups -OCH3 is 1. The summed E-state index contributed by atoms with van der Waals surface area (Å²) in [5, 5.41) is 6.72. The molecule has 8 heteroatoms. The monoisotopic (exact) mass is 555 g/mol. The molecular formula is C24H34IN3O4. The van der Waals surface area contributed by atoms with Gasteiger partial charge in [-0.05, 0) is 43.2 Å². The predicted octanol–water partition coefficient (Wildman–Crippen LogP) is 4.05. The van der Waals surface area contributed by atoms with Gasteiger partial charge in [0, 0.05) is 32.1 Å². The summed E-state index contributed by atoms with van der Waals surface area (Å²) in [6.45, 7) is 7.25. The molecule has 1 fully saturated rings. The molecular weight excluding hydrogens is 521 g/mol. The molecule has 1 atom stereocenters. The minimum Gasteiger partial charge on any atom is -0.493 e. The quantitative estimate of drug-likeness (QED) is 0.277. The average molecular weight is 555 g/mol. The van der Waals surface area contributed by atoms with Crippen LogP contribution >= 0.6 is 24.0 Å². The van der Waals surface area contributed by atoms with E-state index >= 15 is 0 Å². The molecule has 0 spiro atoms. The molecule has 32 heavy (non-hydrogen) atoms. The third-order valence-electron chi connectivity index (χ3n) is 5.06. The van der Waals surface area contributed by atoms with Crippen molar-refractivity contribution in [2.24, 2.45) is 4.99 Å². The van der Waals surface area contributed by atoms with Gasteiger partial charge in [0.2, 0.25) is 0 Å². The van der Waals surface area contributed by atoms with Crippen molar-refractivity contribution >= 4 is 29.9 Å². The van der Waals surface area contributed by atoms with E-state index in [-0.39, 0.29) is 30.1 Å². The first-order valence-electron chi connectivity index (χ1n) is 10.7. The number of hydrogen-bond acceptors (Lipinski definition) is 5. The molecule has 0 amide bonds. The van der Waals surface area contributed by atoms with Crippen LogP contribution in [0, 0.1) is 6.92 Å². The maximum Gasteiger partial charge on any atom is 0.191 e. The summed E-state index contributed by atoms with van der Waals surface area (Å²) in [6.07, 6.45) is 1.04. The molecule has 1 aliphatic heterocycles. The fourth-order valence-corrected chi connectivity index (χ4v) is 3.38. The number of nitrogens with zero attached hydrogens (tertiary/aromatic N) is 1. The number of ether oxygens (including phenoxy) is 4. The van der Waals surface area contributed by atoms with Gasteiger partial charge in [-0.2, -0.15) is 0 Å². The van der Waals surface area contributed by atoms with E-state index in [4.69, 9.17) is 18.9 Å². The first-order chi connectivity index (χ1) is 15.1. The summed E-state index contributed by atoms with van der Waals surface area (Å²) >= 11 is 0. The van der Waals surface area contributed by atoms with Crippen molar-refractivity contribution in [1.29, 1.82) is 0 Å². The second-order valence-electron chi connectivity index (χ2n) is 7.41. The maximum absolute atomic E-state index is 6.19. The molecule has 1 saturated heterocycles. The summed E-state index contributed by atoms with van der Waals surface area (Å²) < 4.78 is 22.6. The van der Waals surface area contributed by atoms with E-state index in [0.29, 0.717) is 32.3 Å². The number of guanidine groups is 1. The summed E-state index contributed by atoms with van der Waals surface area (Å²) in [7, 11) is 3.41. The molecule has 0 aliphatic carbocycles. The van der Waals surface area contributed by atoms with Crippen LogP contribution in [0.25, 0.3) is 0 Å². The number of hydrogen-bond donors (Lipinski definition) is 2. The van der Waals surface area contributed by atoms with Gasteiger partial charge in [-0.15, -0.1) is 24.0 Å². The Morgan fingerprint density at radius 2 is 1.91 bits per heavy atom. The molecule has 3 rings (SSSR count). The smallest absolute Gasteiger partial charge is 0.191 e. The van der Waals surface area contributed by atoms with Crippen LogP contribution in [-0.4, -0.2) is 46.0 Å². The lowest BCUT2D eigenvalue weighted by molar-refractivity contribution is 0.140. The van der Waals surface area contributed by atoms with Gasteiger partial charge in [0.1, 0.15) is 11.9 Å². The lowest BCUT2D eigenvalue weighted by atomic mass is 10.1. The Labute approximate surface area is 207 Å². The normalized spacial score (nSPS) is 15.6. The van der Waals surface area contributed by atoms with Crippen LogP contribution in [0.5, 0.6) is 17.2 Å². The molecule has 0 saturated carbocycles. The number of benzene rings is 2. The Morgan fingerprint density at radius 1 is 1.09 bits per heavy atom. The zero-order valence-electron chi connectivity index (χ0n) is 19.3. The van der Waals surface area contributed by atoms with Gasteiger partial charge in [0.05, 0.1) is 26.9 Å². The molecule has 1 aliphatic rings. The van der Waals surface area contributed by atoms with Crippen molar-refractivity contribution in [3.63, 3.8) is 0 Å². The Morgan fingerprint density at radius 3 is 2.59 bits per heavy atom. The summed E-state index contributed by atoms with van der Waals surface area (Å²) in [5.41, 5.74) is 3.33. The molecule has 7 nitrogen and oxygen atoms in total. The third-order valence-corrected chi connectivity index (χ3v) is 5.06. The first kappa shape index (κ1) is 26.1. The predicted molar refractivity (Wildman–Crippen MR) is 138 cm³/mol. The van der Waals surface area contributed by atoms with E-state index in [0.717, 1.165) is 41.4 Å². The molecule has 0 bridgehead atoms. The SMILES string of the molecule is CCOc1ccc(CNC(=NC)NCc2ccc(C)cc2OC2CCOC2)cc1OC.I. The van der Waals surface area contributed by atoms with E-state index in [9.17, 15) is 0 Å². The average Bonchev–Trinajstić information content (AvgIpc) is 3.29. The fourth-order valence-electron chi connectivity index (χ4n) is 3.38. The van der Waals surface area contributed by atoms with Gasteiger partial charge < -0.3 is 29.6 Å². The van der Waals surface area contributed by atoms with Gasteiger partial charge in [-0.25, -0.2) is 0 Å². The van der Waals surface area contributed by atoms with Crippen molar-refractivity contribution in [1.82, 2.24) is 10.6 Å². The van der Waals surface area contributed by atoms with E-state index in [1.165, 1.54) is 5.56 Å². The zero-order valence-corrected chi connectivity index (χ0v) is 21.6. The molecule has 1 unspecified atom stereocenters. The topological polar surface area (TPSA) is 73.3 Å². The van der Waals surface area contributed by atoms with E-state index in [2.05, 4.69) is 40.7 Å². The van der Waals surface area contributed by atoms with Gasteiger partial charge in [0.15, 0.2) is 17.5 Å². The van der Waals surface area contributed by atoms with Crippen molar-refractivity contribution in [3.8, 4) is 17.2 Å². The van der Waals surface area contributed by atoms with Gasteiger partial charge >= 0.3 is 0 Å². The van der Waals surface area contributed by atoms with Crippen molar-refractivity contribution < 1.29 is 18.9 Å². The van der Waals surface area contributed by atoms with Crippen LogP contribution in [0.4, 0.5) is 0 Å². The van der Waals surface area contributed by atoms with Crippen LogP contribution in [0.2, 0.25) is 0 Å². The minimum atomic E-state index is 0. The molecule has 1 heterocycles. The maximum atomic E-state index is 6.19. The van der Waals surface area contributed by atoms with Gasteiger partial charge in [-0.1, -0.05) is 18.2 Å². The second-order valence-corrected chi connectivity index (χ2v) is 7.41. The standard InChI is InChI=1S/C24H33N3O4.HI/c1-5-30-21-9-7-18(13-23(21)28-4)14-26-24(25-3)27-15-19-8-6-17(2)12-22(19)31-20-10-11-29-16-20;/h6-9,12-13,20H,5,10-11,14-16H2,1-4H3,(H2,25,26,27);1H. The van der Waals surface area contributed by atoms with Gasteiger partial charge in [0.25, 0.3) is 0 Å². The lowest BCUT2D eigenvalue weighted by Crippen LogP contribution is -2.36. The Kier molecular flexibility index (Phi) is 10.9. The van der Waals surface area contributed by atoms with Crippen LogP contribution in [0.3, 0.4) is 0 Å². The highest BCUT2D eigenvalue weighted by Crippen LogP contribution is 2.28. The Bertz CT molecular complexity index is 886. The van der Waals surface area contributed by atoms with Crippen LogP contribution in [0.1, 0.15) is 30.0 Å². The Balaban J connectivity index is 0.00000363. The van der Waals surface area contributed by atoms with E-state index in [1.807, 2.05) is 25.1 Å². The lowest BCUT2D eigenvalue weighted by Gasteiger charge is -2.18. The highest BCUT2D eigenvalue weighted by Gasteiger charge is 2.18. The van der Waals surface area contributed by atoms with Gasteiger partial charge in [-0.3, -0.25) is 4.99 Å². The summed E-state index contributed by atoms with van der Waals surface area (Å²) in [4.78, 5) is 4.34. The highest BCUT2D eigenvalue weighted by molar-refractivity contribution is 14.0. The van der Waals surface area contributed by atoms with Crippen molar-refractivity contribution in [2.75, 3.05) is 34.0 Å². The number of nitrogens with one attached hydrogen (secondary N) is 2. The number of aryl methyl sites for hydroxylation is 1. The van der Waals surface area contributed by atoms with Crippen LogP contribution < -0.4 is 24.8 Å². The first-order valence-corrected chi connectivity index (χ1v) is 10.7. The fraction of sp³-hybridized carbons (Fsp3) is 0.458. The van der Waals surface area contributed by atoms with Crippen LogP contribution in [-0.2, 0) is 17.8 Å². The third kappa shape index (κ3) is 7.44. The van der Waals surface area contributed by atoms with E-state index < -0.39 is 0 Å². The molecule has 2 aromatic rings. The summed E-state index contributed by atoms with van der Waals surface area (Å²) in [6, 6.07) is 12.2. The van der Waals surface area contributed by atoms with Crippen molar-refractivity contribution in [3.05, 3.63) is 53.1 Å². The number of aliphatic imine (C=N–C) groups is 1. The number of rotatable bonds is 9.